The van der Waals surface area contributed by atoms with Gasteiger partial charge in [0.1, 0.15) is 0 Å². The molecule has 3 nitrogen and oxygen atoms in total. The molecule has 1 heterocycles. The Morgan fingerprint density at radius 2 is 2.06 bits per heavy atom. The summed E-state index contributed by atoms with van der Waals surface area (Å²) in [5, 5.41) is 6.63. The van der Waals surface area contributed by atoms with Crippen LogP contribution in [0.15, 0.2) is 35.3 Å². The van der Waals surface area contributed by atoms with Crippen LogP contribution in [0.5, 0.6) is 0 Å². The average molecular weight is 217 g/mol. The van der Waals surface area contributed by atoms with E-state index in [0.717, 1.165) is 25.6 Å². The molecule has 86 valence electrons. The fourth-order valence-corrected chi connectivity index (χ4v) is 1.63. The van der Waals surface area contributed by atoms with Crippen LogP contribution in [0.4, 0.5) is 0 Å². The van der Waals surface area contributed by atoms with Crippen molar-refractivity contribution in [3.63, 3.8) is 0 Å². The predicted octanol–water partition coefficient (Wildman–Crippen LogP) is 1.76. The van der Waals surface area contributed by atoms with Crippen LogP contribution in [0.25, 0.3) is 0 Å². The number of nitrogens with zero attached hydrogens (tertiary/aromatic N) is 1. The lowest BCUT2D eigenvalue weighted by molar-refractivity contribution is 0.358. The normalized spacial score (nSPS) is 18.5. The summed E-state index contributed by atoms with van der Waals surface area (Å²) in [5.74, 6) is 0.920. The van der Waals surface area contributed by atoms with Gasteiger partial charge >= 0.3 is 0 Å². The average Bonchev–Trinajstić information content (AvgIpc) is 2.29. The second-order valence-corrected chi connectivity index (χ2v) is 5.02. The van der Waals surface area contributed by atoms with Crippen LogP contribution in [0, 0.1) is 5.41 Å². The van der Waals surface area contributed by atoms with E-state index in [1.54, 1.807) is 0 Å². The van der Waals surface area contributed by atoms with Gasteiger partial charge in [-0.15, -0.1) is 0 Å². The van der Waals surface area contributed by atoms with Crippen LogP contribution < -0.4 is 10.6 Å². The summed E-state index contributed by atoms with van der Waals surface area (Å²) >= 11 is 0. The topological polar surface area (TPSA) is 36.4 Å². The third-order valence-corrected chi connectivity index (χ3v) is 2.70. The minimum absolute atomic E-state index is 0.276. The Balaban J connectivity index is 1.86. The zero-order chi connectivity index (χ0) is 11.4. The Kier molecular flexibility index (Phi) is 3.13. The molecule has 2 N–H and O–H groups in total. The van der Waals surface area contributed by atoms with E-state index in [4.69, 9.17) is 0 Å². The third-order valence-electron chi connectivity index (χ3n) is 2.70. The fraction of sp³-hybridized carbons (Fsp3) is 0.462. The first-order chi connectivity index (χ1) is 7.66. The molecule has 2 rings (SSSR count). The van der Waals surface area contributed by atoms with Crippen LogP contribution in [0.2, 0.25) is 0 Å². The molecular formula is C13H19N3. The molecule has 0 spiro atoms. The minimum Gasteiger partial charge on any atom is -0.356 e. The molecule has 0 saturated carbocycles. The Hall–Kier alpha value is -1.51. The quantitative estimate of drug-likeness (QED) is 0.792. The van der Waals surface area contributed by atoms with Gasteiger partial charge in [0.25, 0.3) is 0 Å². The van der Waals surface area contributed by atoms with Crippen LogP contribution >= 0.6 is 0 Å². The van der Waals surface area contributed by atoms with E-state index in [1.807, 2.05) is 6.07 Å². The lowest BCUT2D eigenvalue weighted by Crippen LogP contribution is -2.47. The molecular weight excluding hydrogens is 198 g/mol. The second-order valence-electron chi connectivity index (χ2n) is 5.02. The molecule has 16 heavy (non-hydrogen) atoms. The first kappa shape index (κ1) is 11.0. The van der Waals surface area contributed by atoms with Gasteiger partial charge in [0.2, 0.25) is 0 Å². The monoisotopic (exact) mass is 217 g/mol. The molecule has 0 unspecified atom stereocenters. The number of benzene rings is 1. The maximum absolute atomic E-state index is 4.49. The highest BCUT2D eigenvalue weighted by molar-refractivity contribution is 5.80. The Morgan fingerprint density at radius 1 is 1.31 bits per heavy atom. The number of hydrogen-bond donors (Lipinski definition) is 2. The van der Waals surface area contributed by atoms with E-state index in [9.17, 15) is 0 Å². The summed E-state index contributed by atoms with van der Waals surface area (Å²) in [4.78, 5) is 4.49. The number of guanidine groups is 1. The van der Waals surface area contributed by atoms with Crippen molar-refractivity contribution < 1.29 is 0 Å². The van der Waals surface area contributed by atoms with Gasteiger partial charge in [-0.05, 0) is 5.56 Å². The second kappa shape index (κ2) is 4.56. The number of nitrogens with one attached hydrogen (secondary N) is 2. The summed E-state index contributed by atoms with van der Waals surface area (Å²) in [6.07, 6.45) is 0. The molecule has 0 atom stereocenters. The van der Waals surface area contributed by atoms with Crippen LogP contribution in [0.1, 0.15) is 19.4 Å². The Bertz CT molecular complexity index is 368. The number of hydrogen-bond acceptors (Lipinski definition) is 3. The van der Waals surface area contributed by atoms with Gasteiger partial charge < -0.3 is 10.6 Å². The van der Waals surface area contributed by atoms with E-state index in [2.05, 4.69) is 53.7 Å². The third kappa shape index (κ3) is 2.99. The highest BCUT2D eigenvalue weighted by atomic mass is 15.2. The highest BCUT2D eigenvalue weighted by Crippen LogP contribution is 2.16. The van der Waals surface area contributed by atoms with Crippen molar-refractivity contribution in [1.29, 1.82) is 0 Å². The zero-order valence-electron chi connectivity index (χ0n) is 9.96. The standard InChI is InChI=1S/C13H19N3/c1-13(2)9-15-12(16-10-13)14-8-11-6-4-3-5-7-11/h3-7H,8-10H2,1-2H3,(H2,14,15,16). The van der Waals surface area contributed by atoms with Gasteiger partial charge in [-0.25, -0.2) is 0 Å². The summed E-state index contributed by atoms with van der Waals surface area (Å²) in [6.45, 7) is 7.13. The molecule has 1 aromatic rings. The first-order valence-electron chi connectivity index (χ1n) is 5.72. The number of aliphatic imine (C=N–C) groups is 1. The van der Waals surface area contributed by atoms with Gasteiger partial charge in [0.05, 0.1) is 0 Å². The molecule has 3 heteroatoms. The molecule has 0 saturated heterocycles. The van der Waals surface area contributed by atoms with Crippen LogP contribution in [-0.4, -0.2) is 19.0 Å². The van der Waals surface area contributed by atoms with Crippen LogP contribution in [0.3, 0.4) is 0 Å². The number of rotatable bonds is 2. The van der Waals surface area contributed by atoms with Gasteiger partial charge in [-0.2, -0.15) is 0 Å². The smallest absolute Gasteiger partial charge is 0.191 e. The minimum atomic E-state index is 0.276. The molecule has 0 aromatic heterocycles. The summed E-state index contributed by atoms with van der Waals surface area (Å²) in [5.41, 5.74) is 1.55. The van der Waals surface area contributed by atoms with Gasteiger partial charge in [-0.1, -0.05) is 44.2 Å². The molecule has 0 radical (unpaired) electrons. The van der Waals surface area contributed by atoms with E-state index < -0.39 is 0 Å². The summed E-state index contributed by atoms with van der Waals surface area (Å²) in [6, 6.07) is 10.4. The molecule has 1 aliphatic rings. The molecule has 0 aliphatic carbocycles. The molecule has 1 aromatic carbocycles. The van der Waals surface area contributed by atoms with E-state index in [0.29, 0.717) is 0 Å². The molecule has 1 aliphatic heterocycles. The predicted molar refractivity (Wildman–Crippen MR) is 67.4 cm³/mol. The zero-order valence-corrected chi connectivity index (χ0v) is 9.96. The van der Waals surface area contributed by atoms with Crippen molar-refractivity contribution in [1.82, 2.24) is 10.6 Å². The van der Waals surface area contributed by atoms with Gasteiger partial charge in [-0.3, -0.25) is 4.99 Å². The fourth-order valence-electron chi connectivity index (χ4n) is 1.63. The van der Waals surface area contributed by atoms with Crippen molar-refractivity contribution in [2.24, 2.45) is 10.4 Å². The molecule has 0 amide bonds. The SMILES string of the molecule is CC1(C)CN=C(NCc2ccccc2)NC1. The van der Waals surface area contributed by atoms with Crippen molar-refractivity contribution in [2.75, 3.05) is 13.1 Å². The maximum Gasteiger partial charge on any atom is 0.191 e. The Morgan fingerprint density at radius 3 is 2.69 bits per heavy atom. The molecule has 0 fully saturated rings. The summed E-state index contributed by atoms with van der Waals surface area (Å²) in [7, 11) is 0. The van der Waals surface area contributed by atoms with Gasteiger partial charge in [0.15, 0.2) is 5.96 Å². The maximum atomic E-state index is 4.49. The van der Waals surface area contributed by atoms with Gasteiger partial charge in [0, 0.05) is 25.0 Å². The van der Waals surface area contributed by atoms with E-state index in [1.165, 1.54) is 5.56 Å². The van der Waals surface area contributed by atoms with Crippen molar-refractivity contribution >= 4 is 5.96 Å². The molecule has 0 bridgehead atoms. The van der Waals surface area contributed by atoms with Crippen molar-refractivity contribution in [2.45, 2.75) is 20.4 Å². The highest BCUT2D eigenvalue weighted by Gasteiger charge is 2.21. The Labute approximate surface area is 97.0 Å². The van der Waals surface area contributed by atoms with Crippen LogP contribution in [-0.2, 0) is 6.54 Å². The van der Waals surface area contributed by atoms with E-state index in [-0.39, 0.29) is 5.41 Å². The first-order valence-corrected chi connectivity index (χ1v) is 5.72. The summed E-state index contributed by atoms with van der Waals surface area (Å²) < 4.78 is 0. The lowest BCUT2D eigenvalue weighted by Gasteiger charge is -2.29. The van der Waals surface area contributed by atoms with Crippen molar-refractivity contribution in [3.8, 4) is 0 Å². The lowest BCUT2D eigenvalue weighted by atomic mass is 9.93. The van der Waals surface area contributed by atoms with Crippen molar-refractivity contribution in [3.05, 3.63) is 35.9 Å². The van der Waals surface area contributed by atoms with E-state index >= 15 is 0 Å². The largest absolute Gasteiger partial charge is 0.356 e.